The van der Waals surface area contributed by atoms with Crippen molar-refractivity contribution in [1.29, 1.82) is 0 Å². The molecule has 0 saturated carbocycles. The number of para-hydroxylation sites is 2. The van der Waals surface area contributed by atoms with Gasteiger partial charge in [-0.2, -0.15) is 11.8 Å². The van der Waals surface area contributed by atoms with Gasteiger partial charge in [-0.3, -0.25) is 0 Å². The molecule has 3 N–H and O–H groups in total. The molecular weight excluding hydrogens is 360 g/mol. The van der Waals surface area contributed by atoms with Gasteiger partial charge in [0.05, 0.1) is 24.2 Å². The van der Waals surface area contributed by atoms with Gasteiger partial charge in [0.25, 0.3) is 0 Å². The van der Waals surface area contributed by atoms with Crippen molar-refractivity contribution < 1.29 is 9.53 Å². The van der Waals surface area contributed by atoms with Gasteiger partial charge in [0, 0.05) is 6.54 Å². The number of carbonyl (C=O) groups is 1. The number of nitrogens with zero attached hydrogens (tertiary/aromatic N) is 1. The second-order valence-corrected chi connectivity index (χ2v) is 7.13. The zero-order chi connectivity index (χ0) is 19.1. The van der Waals surface area contributed by atoms with Gasteiger partial charge in [-0.15, -0.1) is 0 Å². The van der Waals surface area contributed by atoms with E-state index in [4.69, 9.17) is 4.74 Å². The molecule has 0 unspecified atom stereocenters. The van der Waals surface area contributed by atoms with Crippen LogP contribution in [0.5, 0.6) is 5.75 Å². The van der Waals surface area contributed by atoms with Crippen molar-refractivity contribution in [2.24, 2.45) is 0 Å². The summed E-state index contributed by atoms with van der Waals surface area (Å²) in [6.45, 7) is 0.450. The van der Waals surface area contributed by atoms with Gasteiger partial charge in [0.15, 0.2) is 0 Å². The number of urea groups is 1. The number of benzene rings is 2. The Kier molecular flexibility index (Phi) is 6.59. The van der Waals surface area contributed by atoms with Gasteiger partial charge in [0.1, 0.15) is 11.6 Å². The lowest BCUT2D eigenvalue weighted by molar-refractivity contribution is 0.236. The van der Waals surface area contributed by atoms with Crippen LogP contribution >= 0.6 is 11.8 Å². The van der Waals surface area contributed by atoms with E-state index in [-0.39, 0.29) is 12.1 Å². The summed E-state index contributed by atoms with van der Waals surface area (Å²) in [5.74, 6) is 2.51. The predicted molar refractivity (Wildman–Crippen MR) is 110 cm³/mol. The fourth-order valence-corrected chi connectivity index (χ4v) is 3.26. The van der Waals surface area contributed by atoms with Gasteiger partial charge in [-0.05, 0) is 48.3 Å². The van der Waals surface area contributed by atoms with Crippen LogP contribution in [0.2, 0.25) is 0 Å². The lowest BCUT2D eigenvalue weighted by Gasteiger charge is -2.17. The number of amides is 2. The summed E-state index contributed by atoms with van der Waals surface area (Å²) >= 11 is 1.75. The van der Waals surface area contributed by atoms with Crippen LogP contribution in [0.25, 0.3) is 11.0 Å². The predicted octanol–water partition coefficient (Wildman–Crippen LogP) is 3.87. The van der Waals surface area contributed by atoms with Gasteiger partial charge in [0.2, 0.25) is 0 Å². The molecule has 2 amide bonds. The molecule has 27 heavy (non-hydrogen) atoms. The lowest BCUT2D eigenvalue weighted by atomic mass is 10.2. The molecule has 142 valence electrons. The van der Waals surface area contributed by atoms with Crippen molar-refractivity contribution in [1.82, 2.24) is 20.6 Å². The Morgan fingerprint density at radius 2 is 2.00 bits per heavy atom. The van der Waals surface area contributed by atoms with Crippen LogP contribution < -0.4 is 15.4 Å². The normalized spacial score (nSPS) is 11.9. The van der Waals surface area contributed by atoms with Crippen molar-refractivity contribution in [2.75, 3.05) is 19.1 Å². The second kappa shape index (κ2) is 9.32. The Hall–Kier alpha value is -2.67. The Bertz CT molecular complexity index is 846. The van der Waals surface area contributed by atoms with Crippen molar-refractivity contribution >= 4 is 28.8 Å². The van der Waals surface area contributed by atoms with E-state index in [1.54, 1.807) is 18.9 Å². The zero-order valence-corrected chi connectivity index (χ0v) is 16.3. The molecule has 0 saturated heterocycles. The molecule has 2 aromatic carbocycles. The molecule has 0 fully saturated rings. The highest BCUT2D eigenvalue weighted by Crippen LogP contribution is 2.20. The van der Waals surface area contributed by atoms with Gasteiger partial charge in [-0.1, -0.05) is 24.3 Å². The van der Waals surface area contributed by atoms with Crippen molar-refractivity contribution in [3.8, 4) is 5.75 Å². The fraction of sp³-hybridized carbons (Fsp3) is 0.300. The average molecular weight is 385 g/mol. The first kappa shape index (κ1) is 19.1. The number of ether oxygens (including phenoxy) is 1. The van der Waals surface area contributed by atoms with E-state index < -0.39 is 0 Å². The average Bonchev–Trinajstić information content (AvgIpc) is 3.14. The minimum Gasteiger partial charge on any atom is -0.497 e. The third-order valence-corrected chi connectivity index (χ3v) is 4.91. The molecule has 0 bridgehead atoms. The van der Waals surface area contributed by atoms with Crippen molar-refractivity contribution in [2.45, 2.75) is 19.0 Å². The number of H-pyrrole nitrogens is 1. The number of fused-ring (bicyclic) bond motifs is 1. The lowest BCUT2D eigenvalue weighted by Crippen LogP contribution is -2.38. The zero-order valence-electron chi connectivity index (χ0n) is 15.5. The molecule has 0 aliphatic heterocycles. The van der Waals surface area contributed by atoms with Crippen molar-refractivity contribution in [3.05, 3.63) is 59.9 Å². The monoisotopic (exact) mass is 384 g/mol. The number of rotatable bonds is 8. The first-order valence-corrected chi connectivity index (χ1v) is 10.2. The molecule has 0 radical (unpaired) electrons. The van der Waals surface area contributed by atoms with E-state index in [0.717, 1.165) is 40.3 Å². The molecule has 3 aromatic rings. The first-order chi connectivity index (χ1) is 13.2. The van der Waals surface area contributed by atoms with E-state index in [2.05, 4.69) is 26.9 Å². The molecule has 0 spiro atoms. The summed E-state index contributed by atoms with van der Waals surface area (Å²) in [4.78, 5) is 20.4. The van der Waals surface area contributed by atoms with E-state index in [0.29, 0.717) is 6.54 Å². The maximum absolute atomic E-state index is 12.4. The molecule has 7 heteroatoms. The van der Waals surface area contributed by atoms with Crippen LogP contribution in [0.3, 0.4) is 0 Å². The number of hydrogen-bond acceptors (Lipinski definition) is 4. The number of hydrogen-bond donors (Lipinski definition) is 3. The second-order valence-electron chi connectivity index (χ2n) is 6.15. The summed E-state index contributed by atoms with van der Waals surface area (Å²) in [6.07, 6.45) is 2.86. The Morgan fingerprint density at radius 1 is 1.22 bits per heavy atom. The third-order valence-electron chi connectivity index (χ3n) is 4.27. The number of nitrogens with one attached hydrogen (secondary N) is 3. The number of carbonyl (C=O) groups excluding carboxylic acids is 1. The summed E-state index contributed by atoms with van der Waals surface area (Å²) in [5, 5.41) is 5.95. The van der Waals surface area contributed by atoms with Crippen LogP contribution in [0, 0.1) is 0 Å². The van der Waals surface area contributed by atoms with E-state index in [1.807, 2.05) is 48.5 Å². The Labute approximate surface area is 163 Å². The number of aromatic nitrogens is 2. The topological polar surface area (TPSA) is 79.0 Å². The van der Waals surface area contributed by atoms with Gasteiger partial charge < -0.3 is 20.4 Å². The largest absolute Gasteiger partial charge is 0.497 e. The smallest absolute Gasteiger partial charge is 0.315 e. The Morgan fingerprint density at radius 3 is 2.70 bits per heavy atom. The molecular formula is C20H24N4O2S. The molecule has 0 aliphatic rings. The van der Waals surface area contributed by atoms with Crippen LogP contribution in [-0.4, -0.2) is 35.1 Å². The molecule has 1 aromatic heterocycles. The van der Waals surface area contributed by atoms with Gasteiger partial charge >= 0.3 is 6.03 Å². The Balaban J connectivity index is 1.63. The number of aromatic amines is 1. The van der Waals surface area contributed by atoms with Crippen LogP contribution in [-0.2, 0) is 6.54 Å². The summed E-state index contributed by atoms with van der Waals surface area (Å²) in [6, 6.07) is 15.1. The highest BCUT2D eigenvalue weighted by Gasteiger charge is 2.18. The van der Waals surface area contributed by atoms with Crippen LogP contribution in [0.15, 0.2) is 48.5 Å². The van der Waals surface area contributed by atoms with Crippen molar-refractivity contribution in [3.63, 3.8) is 0 Å². The van der Waals surface area contributed by atoms with Gasteiger partial charge in [-0.25, -0.2) is 9.78 Å². The fourth-order valence-electron chi connectivity index (χ4n) is 2.79. The molecule has 1 atom stereocenters. The minimum absolute atomic E-state index is 0.166. The number of methoxy groups -OCH3 is 1. The van der Waals surface area contributed by atoms with E-state index in [1.165, 1.54) is 0 Å². The van der Waals surface area contributed by atoms with E-state index >= 15 is 0 Å². The standard InChI is InChI=1S/C20H24N4O2S/c1-26-15-9-7-14(8-10-15)13-21-20(25)24-18(11-12-27-2)19-22-16-5-3-4-6-17(16)23-19/h3-10,18H,11-13H2,1-2H3,(H,22,23)(H2,21,24,25)/t18-/m1/s1. The highest BCUT2D eigenvalue weighted by molar-refractivity contribution is 7.98. The first-order valence-electron chi connectivity index (χ1n) is 8.80. The molecule has 3 rings (SSSR count). The highest BCUT2D eigenvalue weighted by atomic mass is 32.2. The molecule has 6 nitrogen and oxygen atoms in total. The summed E-state index contributed by atoms with van der Waals surface area (Å²) in [5.41, 5.74) is 2.89. The summed E-state index contributed by atoms with van der Waals surface area (Å²) < 4.78 is 5.15. The number of imidazole rings is 1. The third kappa shape index (κ3) is 5.17. The maximum atomic E-state index is 12.4. The maximum Gasteiger partial charge on any atom is 0.315 e. The van der Waals surface area contributed by atoms with E-state index in [9.17, 15) is 4.79 Å². The van der Waals surface area contributed by atoms with Crippen LogP contribution in [0.4, 0.5) is 4.79 Å². The molecule has 1 heterocycles. The minimum atomic E-state index is -0.211. The molecule has 0 aliphatic carbocycles. The quantitative estimate of drug-likeness (QED) is 0.551. The SMILES string of the molecule is COc1ccc(CNC(=O)N[C@H](CCSC)c2nc3ccccc3[nH]2)cc1. The number of thioether (sulfide) groups is 1. The summed E-state index contributed by atoms with van der Waals surface area (Å²) in [7, 11) is 1.63. The van der Waals surface area contributed by atoms with Crippen LogP contribution in [0.1, 0.15) is 23.9 Å².